The third-order valence-corrected chi connectivity index (χ3v) is 3.23. The Labute approximate surface area is 100 Å². The van der Waals surface area contributed by atoms with Gasteiger partial charge >= 0.3 is 0 Å². The lowest BCUT2D eigenvalue weighted by atomic mass is 10.1. The molecule has 4 N–H and O–H groups in total. The first kappa shape index (κ1) is 10.4. The van der Waals surface area contributed by atoms with Crippen molar-refractivity contribution in [3.63, 3.8) is 0 Å². The van der Waals surface area contributed by atoms with Crippen molar-refractivity contribution < 1.29 is 0 Å². The highest BCUT2D eigenvalue weighted by molar-refractivity contribution is 5.63. The van der Waals surface area contributed by atoms with Gasteiger partial charge in [-0.1, -0.05) is 12.1 Å². The largest absolute Gasteiger partial charge is 0.399 e. The van der Waals surface area contributed by atoms with Crippen LogP contribution in [0.2, 0.25) is 0 Å². The van der Waals surface area contributed by atoms with Gasteiger partial charge in [0, 0.05) is 36.5 Å². The Morgan fingerprint density at radius 2 is 2.24 bits per heavy atom. The van der Waals surface area contributed by atoms with E-state index in [1.807, 2.05) is 24.3 Å². The smallest absolute Gasteiger partial charge is 0.110 e. The van der Waals surface area contributed by atoms with Crippen molar-refractivity contribution in [3.8, 4) is 11.3 Å². The quantitative estimate of drug-likeness (QED) is 0.725. The zero-order valence-corrected chi connectivity index (χ0v) is 9.63. The molecule has 88 valence electrons. The van der Waals surface area contributed by atoms with Crippen LogP contribution in [0.25, 0.3) is 11.3 Å². The number of aryl methyl sites for hydroxylation is 1. The van der Waals surface area contributed by atoms with E-state index in [4.69, 9.17) is 11.5 Å². The molecule has 1 atom stereocenters. The van der Waals surface area contributed by atoms with E-state index < -0.39 is 0 Å². The monoisotopic (exact) mass is 228 g/mol. The van der Waals surface area contributed by atoms with Crippen LogP contribution in [-0.2, 0) is 13.0 Å². The number of anilines is 1. The molecule has 4 nitrogen and oxygen atoms in total. The van der Waals surface area contributed by atoms with Crippen molar-refractivity contribution in [2.75, 3.05) is 5.73 Å². The summed E-state index contributed by atoms with van der Waals surface area (Å²) in [7, 11) is 0. The number of benzene rings is 1. The van der Waals surface area contributed by atoms with Gasteiger partial charge in [0.05, 0.1) is 5.69 Å². The molecule has 0 spiro atoms. The average Bonchev–Trinajstić information content (AvgIpc) is 2.72. The van der Waals surface area contributed by atoms with Crippen molar-refractivity contribution in [1.82, 2.24) is 9.55 Å². The Morgan fingerprint density at radius 3 is 3.06 bits per heavy atom. The lowest BCUT2D eigenvalue weighted by Gasteiger charge is -2.18. The van der Waals surface area contributed by atoms with E-state index in [0.717, 1.165) is 42.2 Å². The number of hydrogen-bond acceptors (Lipinski definition) is 3. The predicted octanol–water partition coefficient (Wildman–Crippen LogP) is 1.41. The fourth-order valence-electron chi connectivity index (χ4n) is 2.29. The number of rotatable bonds is 1. The number of fused-ring (bicyclic) bond motifs is 1. The first-order chi connectivity index (χ1) is 8.22. The van der Waals surface area contributed by atoms with Crippen molar-refractivity contribution in [3.05, 3.63) is 36.3 Å². The number of nitrogens with two attached hydrogens (primary N) is 2. The second-order valence-corrected chi connectivity index (χ2v) is 4.61. The third-order valence-electron chi connectivity index (χ3n) is 3.23. The fraction of sp³-hybridized carbons (Fsp3) is 0.308. The van der Waals surface area contributed by atoms with Crippen LogP contribution >= 0.6 is 0 Å². The summed E-state index contributed by atoms with van der Waals surface area (Å²) in [6.45, 7) is 0.964. The molecule has 1 unspecified atom stereocenters. The maximum Gasteiger partial charge on any atom is 0.110 e. The highest BCUT2D eigenvalue weighted by Crippen LogP contribution is 2.23. The summed E-state index contributed by atoms with van der Waals surface area (Å²) in [5.74, 6) is 1.08. The molecular weight excluding hydrogens is 212 g/mol. The number of aromatic nitrogens is 2. The second kappa shape index (κ2) is 3.89. The van der Waals surface area contributed by atoms with Gasteiger partial charge in [-0.25, -0.2) is 4.98 Å². The van der Waals surface area contributed by atoms with Gasteiger partial charge in [0.1, 0.15) is 5.82 Å². The standard InChI is InChI=1S/C13H16N4/c14-10-3-1-2-9(6-10)12-8-17-5-4-11(15)7-13(17)16-12/h1-3,6,8,11H,4-5,7,14-15H2. The van der Waals surface area contributed by atoms with E-state index in [-0.39, 0.29) is 6.04 Å². The molecule has 2 aromatic rings. The maximum atomic E-state index is 5.95. The summed E-state index contributed by atoms with van der Waals surface area (Å²) in [5.41, 5.74) is 14.6. The minimum absolute atomic E-state index is 0.249. The van der Waals surface area contributed by atoms with Crippen molar-refractivity contribution in [1.29, 1.82) is 0 Å². The normalized spacial score (nSPS) is 19.0. The summed E-state index contributed by atoms with van der Waals surface area (Å²) < 4.78 is 2.20. The molecule has 1 aliphatic rings. The molecule has 1 aromatic heterocycles. The van der Waals surface area contributed by atoms with Crippen LogP contribution in [0.5, 0.6) is 0 Å². The molecule has 3 rings (SSSR count). The van der Waals surface area contributed by atoms with E-state index in [0.29, 0.717) is 0 Å². The minimum Gasteiger partial charge on any atom is -0.399 e. The Balaban J connectivity index is 2.00. The molecule has 17 heavy (non-hydrogen) atoms. The van der Waals surface area contributed by atoms with Crippen LogP contribution in [0.3, 0.4) is 0 Å². The Morgan fingerprint density at radius 1 is 1.35 bits per heavy atom. The summed E-state index contributed by atoms with van der Waals surface area (Å²) in [5, 5.41) is 0. The van der Waals surface area contributed by atoms with E-state index in [1.165, 1.54) is 0 Å². The first-order valence-electron chi connectivity index (χ1n) is 5.90. The topological polar surface area (TPSA) is 69.9 Å². The molecule has 0 radical (unpaired) electrons. The molecular formula is C13H16N4. The fourth-order valence-corrected chi connectivity index (χ4v) is 2.29. The molecule has 0 amide bonds. The van der Waals surface area contributed by atoms with Crippen LogP contribution in [-0.4, -0.2) is 15.6 Å². The number of nitrogens with zero attached hydrogens (tertiary/aromatic N) is 2. The number of hydrogen-bond donors (Lipinski definition) is 2. The minimum atomic E-state index is 0.249. The summed E-state index contributed by atoms with van der Waals surface area (Å²) in [6.07, 6.45) is 3.98. The second-order valence-electron chi connectivity index (χ2n) is 4.61. The van der Waals surface area contributed by atoms with Gasteiger partial charge in [-0.15, -0.1) is 0 Å². The zero-order valence-electron chi connectivity index (χ0n) is 9.63. The van der Waals surface area contributed by atoms with Crippen molar-refractivity contribution in [2.24, 2.45) is 5.73 Å². The van der Waals surface area contributed by atoms with Crippen LogP contribution in [0.15, 0.2) is 30.5 Å². The molecule has 0 fully saturated rings. The summed E-state index contributed by atoms with van der Waals surface area (Å²) in [4.78, 5) is 4.64. The molecule has 4 heteroatoms. The first-order valence-corrected chi connectivity index (χ1v) is 5.90. The number of nitrogen functional groups attached to an aromatic ring is 1. The molecule has 1 aliphatic heterocycles. The average molecular weight is 228 g/mol. The van der Waals surface area contributed by atoms with Gasteiger partial charge in [0.15, 0.2) is 0 Å². The van der Waals surface area contributed by atoms with Crippen molar-refractivity contribution in [2.45, 2.75) is 25.4 Å². The van der Waals surface area contributed by atoms with Gasteiger partial charge < -0.3 is 16.0 Å². The van der Waals surface area contributed by atoms with Gasteiger partial charge in [-0.2, -0.15) is 0 Å². The zero-order chi connectivity index (χ0) is 11.8. The summed E-state index contributed by atoms with van der Waals surface area (Å²) >= 11 is 0. The van der Waals surface area contributed by atoms with Crippen LogP contribution in [0.4, 0.5) is 5.69 Å². The highest BCUT2D eigenvalue weighted by atomic mass is 15.1. The Bertz CT molecular complexity index is 544. The third kappa shape index (κ3) is 1.91. The molecule has 1 aromatic carbocycles. The van der Waals surface area contributed by atoms with Crippen LogP contribution in [0.1, 0.15) is 12.2 Å². The van der Waals surface area contributed by atoms with Crippen LogP contribution < -0.4 is 11.5 Å². The Hall–Kier alpha value is -1.81. The van der Waals surface area contributed by atoms with Crippen molar-refractivity contribution >= 4 is 5.69 Å². The van der Waals surface area contributed by atoms with Gasteiger partial charge in [0.25, 0.3) is 0 Å². The highest BCUT2D eigenvalue weighted by Gasteiger charge is 2.18. The molecule has 0 saturated carbocycles. The lowest BCUT2D eigenvalue weighted by molar-refractivity contribution is 0.463. The molecule has 0 bridgehead atoms. The molecule has 2 heterocycles. The van der Waals surface area contributed by atoms with Crippen LogP contribution in [0, 0.1) is 0 Å². The van der Waals surface area contributed by atoms with Gasteiger partial charge in [0.2, 0.25) is 0 Å². The summed E-state index contributed by atoms with van der Waals surface area (Å²) in [6, 6.07) is 8.07. The molecule has 0 saturated heterocycles. The maximum absolute atomic E-state index is 5.95. The molecule has 0 aliphatic carbocycles. The van der Waals surface area contributed by atoms with Gasteiger partial charge in [-0.3, -0.25) is 0 Å². The predicted molar refractivity (Wildman–Crippen MR) is 68.4 cm³/mol. The van der Waals surface area contributed by atoms with E-state index in [2.05, 4.69) is 15.7 Å². The Kier molecular flexibility index (Phi) is 2.37. The van der Waals surface area contributed by atoms with E-state index in [9.17, 15) is 0 Å². The van der Waals surface area contributed by atoms with E-state index in [1.54, 1.807) is 0 Å². The van der Waals surface area contributed by atoms with E-state index >= 15 is 0 Å². The SMILES string of the molecule is Nc1cccc(-c2cn3c(n2)CC(N)CC3)c1. The number of imidazole rings is 1. The van der Waals surface area contributed by atoms with Gasteiger partial charge in [-0.05, 0) is 18.6 Å². The lowest BCUT2D eigenvalue weighted by Crippen LogP contribution is -2.30.